The van der Waals surface area contributed by atoms with E-state index in [1.54, 1.807) is 0 Å². The zero-order valence-electron chi connectivity index (χ0n) is 19.5. The van der Waals surface area contributed by atoms with E-state index in [0.717, 1.165) is 50.4 Å². The number of anilines is 3. The van der Waals surface area contributed by atoms with Crippen molar-refractivity contribution in [3.05, 3.63) is 42.2 Å². The monoisotopic (exact) mass is 491 g/mol. The molecule has 3 aromatic rings. The van der Waals surface area contributed by atoms with Crippen molar-refractivity contribution in [1.29, 1.82) is 5.26 Å². The van der Waals surface area contributed by atoms with Crippen LogP contribution in [0.5, 0.6) is 0 Å². The standard InChI is InChI=1S/C24H26FN9O2/c25-17-12-27-10-8-18(17)32-24(36)20-13-28-23-19(29-14-1-2-14)11-21(33-34(20)23)30-15-3-5-16(6-4-15)31-22(35)7-9-26/h8,10-16,29H,1-7H2,(H,30,33)(H,31,35)(H,27,32,36). The van der Waals surface area contributed by atoms with Crippen molar-refractivity contribution < 1.29 is 14.0 Å². The van der Waals surface area contributed by atoms with Crippen molar-refractivity contribution in [1.82, 2.24) is 24.9 Å². The lowest BCUT2D eigenvalue weighted by Gasteiger charge is -2.30. The Morgan fingerprint density at radius 2 is 1.78 bits per heavy atom. The van der Waals surface area contributed by atoms with Gasteiger partial charge in [-0.3, -0.25) is 14.6 Å². The lowest BCUT2D eigenvalue weighted by Crippen LogP contribution is -2.40. The molecule has 0 spiro atoms. The van der Waals surface area contributed by atoms with E-state index in [-0.39, 0.29) is 35.8 Å². The molecule has 3 aromatic heterocycles. The van der Waals surface area contributed by atoms with Gasteiger partial charge in [-0.15, -0.1) is 5.10 Å². The molecule has 0 radical (unpaired) electrons. The molecule has 0 unspecified atom stereocenters. The number of hydrogen-bond donors (Lipinski definition) is 4. The van der Waals surface area contributed by atoms with Crippen molar-refractivity contribution in [2.45, 2.75) is 63.1 Å². The molecule has 36 heavy (non-hydrogen) atoms. The maximum Gasteiger partial charge on any atom is 0.276 e. The summed E-state index contributed by atoms with van der Waals surface area (Å²) < 4.78 is 15.5. The van der Waals surface area contributed by atoms with Gasteiger partial charge in [-0.25, -0.2) is 13.9 Å². The number of nitrogens with zero attached hydrogens (tertiary/aromatic N) is 5. The molecule has 0 bridgehead atoms. The second-order valence-electron chi connectivity index (χ2n) is 9.15. The highest BCUT2D eigenvalue weighted by Gasteiger charge is 2.26. The topological polar surface area (TPSA) is 149 Å². The number of hydrogen-bond acceptors (Lipinski definition) is 8. The van der Waals surface area contributed by atoms with Gasteiger partial charge in [-0.2, -0.15) is 5.26 Å². The Morgan fingerprint density at radius 1 is 1.06 bits per heavy atom. The van der Waals surface area contributed by atoms with Crippen molar-refractivity contribution in [3.63, 3.8) is 0 Å². The maximum absolute atomic E-state index is 14.0. The highest BCUT2D eigenvalue weighted by Crippen LogP contribution is 2.30. The molecule has 12 heteroatoms. The zero-order chi connectivity index (χ0) is 25.1. The van der Waals surface area contributed by atoms with Crippen LogP contribution in [-0.4, -0.2) is 49.5 Å². The molecule has 186 valence electrons. The molecule has 4 N–H and O–H groups in total. The molecular weight excluding hydrogens is 465 g/mol. The number of carbonyl (C=O) groups is 2. The molecule has 11 nitrogen and oxygen atoms in total. The van der Waals surface area contributed by atoms with E-state index in [9.17, 15) is 14.0 Å². The van der Waals surface area contributed by atoms with Crippen LogP contribution in [0, 0.1) is 17.1 Å². The van der Waals surface area contributed by atoms with Crippen LogP contribution in [-0.2, 0) is 4.79 Å². The molecule has 2 fully saturated rings. The minimum atomic E-state index is -0.634. The second kappa shape index (κ2) is 10.2. The molecule has 0 aromatic carbocycles. The minimum Gasteiger partial charge on any atom is -0.379 e. The van der Waals surface area contributed by atoms with Crippen molar-refractivity contribution in [2.24, 2.45) is 0 Å². The first-order valence-electron chi connectivity index (χ1n) is 12.0. The Hall–Kier alpha value is -4.27. The molecular formula is C24H26FN9O2. The summed E-state index contributed by atoms with van der Waals surface area (Å²) >= 11 is 0. The van der Waals surface area contributed by atoms with Crippen LogP contribution >= 0.6 is 0 Å². The normalized spacial score (nSPS) is 19.3. The van der Waals surface area contributed by atoms with E-state index in [2.05, 4.69) is 36.3 Å². The number of aromatic nitrogens is 4. The van der Waals surface area contributed by atoms with Crippen LogP contribution in [0.4, 0.5) is 21.6 Å². The predicted octanol–water partition coefficient (Wildman–Crippen LogP) is 2.84. The van der Waals surface area contributed by atoms with Gasteiger partial charge in [0.1, 0.15) is 12.2 Å². The summed E-state index contributed by atoms with van der Waals surface area (Å²) in [5, 5.41) is 25.7. The Balaban J connectivity index is 1.34. The summed E-state index contributed by atoms with van der Waals surface area (Å²) in [6.45, 7) is 0. The molecule has 0 saturated heterocycles. The molecule has 5 rings (SSSR count). The minimum absolute atomic E-state index is 0.0224. The number of pyridine rings is 1. The lowest BCUT2D eigenvalue weighted by atomic mass is 9.91. The number of rotatable bonds is 8. The quantitative estimate of drug-likeness (QED) is 0.376. The predicted molar refractivity (Wildman–Crippen MR) is 130 cm³/mol. The van der Waals surface area contributed by atoms with Crippen LogP contribution in [0.1, 0.15) is 55.4 Å². The van der Waals surface area contributed by atoms with Gasteiger partial charge >= 0.3 is 0 Å². The summed E-state index contributed by atoms with van der Waals surface area (Å²) in [4.78, 5) is 32.8. The van der Waals surface area contributed by atoms with E-state index in [1.807, 2.05) is 12.1 Å². The van der Waals surface area contributed by atoms with Gasteiger partial charge in [0, 0.05) is 30.4 Å². The first-order chi connectivity index (χ1) is 17.5. The Bertz CT molecular complexity index is 1320. The van der Waals surface area contributed by atoms with Crippen LogP contribution in [0.3, 0.4) is 0 Å². The SMILES string of the molecule is N#CCC(=O)NC1CCC(Nc2cc(NC3CC3)c3ncc(C(=O)Nc4ccncc4F)n3n2)CC1. The smallest absolute Gasteiger partial charge is 0.276 e. The number of nitriles is 1. The molecule has 2 amide bonds. The van der Waals surface area contributed by atoms with Crippen molar-refractivity contribution in [3.8, 4) is 6.07 Å². The summed E-state index contributed by atoms with van der Waals surface area (Å²) in [5.74, 6) is -0.826. The van der Waals surface area contributed by atoms with E-state index in [0.29, 0.717) is 17.5 Å². The van der Waals surface area contributed by atoms with E-state index < -0.39 is 11.7 Å². The fourth-order valence-corrected chi connectivity index (χ4v) is 4.35. The van der Waals surface area contributed by atoms with Crippen LogP contribution in [0.2, 0.25) is 0 Å². The summed E-state index contributed by atoms with van der Waals surface area (Å²) in [6.07, 6.45) is 9.08. The van der Waals surface area contributed by atoms with Gasteiger partial charge in [0.15, 0.2) is 17.2 Å². The summed E-state index contributed by atoms with van der Waals surface area (Å²) in [6, 6.07) is 5.70. The van der Waals surface area contributed by atoms with Gasteiger partial charge in [-0.1, -0.05) is 0 Å². The first kappa shape index (κ1) is 23.5. The molecule has 2 saturated carbocycles. The molecule has 0 aliphatic heterocycles. The molecule has 2 aliphatic carbocycles. The largest absolute Gasteiger partial charge is 0.379 e. The highest BCUT2D eigenvalue weighted by molar-refractivity contribution is 6.03. The Labute approximate surface area is 206 Å². The molecule has 3 heterocycles. The Morgan fingerprint density at radius 3 is 2.50 bits per heavy atom. The lowest BCUT2D eigenvalue weighted by molar-refractivity contribution is -0.121. The van der Waals surface area contributed by atoms with Crippen molar-refractivity contribution in [2.75, 3.05) is 16.0 Å². The van der Waals surface area contributed by atoms with Gasteiger partial charge in [0.05, 0.1) is 29.8 Å². The van der Waals surface area contributed by atoms with Gasteiger partial charge in [-0.05, 0) is 44.6 Å². The number of halogens is 1. The first-order valence-corrected chi connectivity index (χ1v) is 12.0. The van der Waals surface area contributed by atoms with Crippen LogP contribution < -0.4 is 21.3 Å². The average Bonchev–Trinajstić information content (AvgIpc) is 3.57. The summed E-state index contributed by atoms with van der Waals surface area (Å²) in [7, 11) is 0. The highest BCUT2D eigenvalue weighted by atomic mass is 19.1. The Kier molecular flexibility index (Phi) is 6.62. The fourth-order valence-electron chi connectivity index (χ4n) is 4.35. The fraction of sp³-hybridized carbons (Fsp3) is 0.417. The number of amides is 2. The van der Waals surface area contributed by atoms with Gasteiger partial charge < -0.3 is 21.3 Å². The maximum atomic E-state index is 14.0. The third kappa shape index (κ3) is 5.35. The van der Waals surface area contributed by atoms with Crippen LogP contribution in [0.15, 0.2) is 30.7 Å². The van der Waals surface area contributed by atoms with E-state index in [1.165, 1.54) is 23.0 Å². The third-order valence-electron chi connectivity index (χ3n) is 6.34. The number of fused-ring (bicyclic) bond motifs is 1. The molecule has 2 aliphatic rings. The zero-order valence-corrected chi connectivity index (χ0v) is 19.5. The second-order valence-corrected chi connectivity index (χ2v) is 9.15. The van der Waals surface area contributed by atoms with Crippen LogP contribution in [0.25, 0.3) is 5.65 Å². The van der Waals surface area contributed by atoms with E-state index in [4.69, 9.17) is 5.26 Å². The number of imidazole rings is 1. The van der Waals surface area contributed by atoms with Gasteiger partial charge in [0.25, 0.3) is 5.91 Å². The summed E-state index contributed by atoms with van der Waals surface area (Å²) in [5.41, 5.74) is 1.47. The number of carbonyl (C=O) groups excluding carboxylic acids is 2. The average molecular weight is 492 g/mol. The number of nitrogens with one attached hydrogen (secondary N) is 4. The molecule has 0 atom stereocenters. The van der Waals surface area contributed by atoms with Gasteiger partial charge in [0.2, 0.25) is 5.91 Å². The van der Waals surface area contributed by atoms with Crippen molar-refractivity contribution >= 4 is 34.7 Å². The third-order valence-corrected chi connectivity index (χ3v) is 6.34. The van der Waals surface area contributed by atoms with E-state index >= 15 is 0 Å².